The molecule has 0 aliphatic carbocycles. The fourth-order valence-corrected chi connectivity index (χ4v) is 6.57. The van der Waals surface area contributed by atoms with Crippen LogP contribution in [0.5, 0.6) is 11.5 Å². The largest absolute Gasteiger partial charge is 0.493 e. The number of ether oxygens (including phenoxy) is 3. The molecule has 6 rings (SSSR count). The van der Waals surface area contributed by atoms with Crippen LogP contribution < -0.4 is 24.4 Å². The van der Waals surface area contributed by atoms with Gasteiger partial charge in [-0.2, -0.15) is 0 Å². The van der Waals surface area contributed by atoms with Gasteiger partial charge < -0.3 is 23.7 Å². The molecule has 1 N–H and O–H groups in total. The van der Waals surface area contributed by atoms with Crippen molar-refractivity contribution in [3.63, 3.8) is 0 Å². The van der Waals surface area contributed by atoms with Gasteiger partial charge in [0.1, 0.15) is 17.6 Å². The van der Waals surface area contributed by atoms with Crippen LogP contribution in [0.15, 0.2) is 105 Å². The van der Waals surface area contributed by atoms with E-state index in [1.165, 1.54) is 17.7 Å². The second kappa shape index (κ2) is 14.0. The Hall–Kier alpha value is -5.68. The number of hydrogen-bond donors (Lipinski definition) is 1. The number of methoxy groups -OCH3 is 1. The fraction of sp³-hybridized carbons (Fsp3) is 0.189. The lowest BCUT2D eigenvalue weighted by Crippen LogP contribution is -2.40. The first kappa shape index (κ1) is 32.3. The predicted octanol–water partition coefficient (Wildman–Crippen LogP) is 5.69. The summed E-state index contributed by atoms with van der Waals surface area (Å²) >= 11 is 1.14. The standard InChI is InChI=1S/C37H32N2O8S/c1-4-20-46-33-26(16-11-17-28(33)44-3)32-30(36(43)45-5-2)31(22-12-7-6-8-13-22)38-37-39(32)34(40)29(48-37)21-23-18-19-27(47-23)24-14-9-10-15-25(24)35(41)42/h6-19,21,32H,4-5,20H2,1-3H3,(H,41,42)/b29-21+/t32-/m1/s1. The quantitative estimate of drug-likeness (QED) is 0.178. The highest BCUT2D eigenvalue weighted by molar-refractivity contribution is 7.07. The molecule has 1 aliphatic heterocycles. The molecule has 5 aromatic rings. The first-order valence-corrected chi connectivity index (χ1v) is 16.2. The third kappa shape index (κ3) is 6.07. The van der Waals surface area contributed by atoms with Crippen molar-refractivity contribution in [2.24, 2.45) is 4.99 Å². The number of thiazole rings is 1. The number of nitrogens with zero attached hydrogens (tertiary/aromatic N) is 2. The van der Waals surface area contributed by atoms with E-state index >= 15 is 0 Å². The smallest absolute Gasteiger partial charge is 0.338 e. The molecule has 48 heavy (non-hydrogen) atoms. The summed E-state index contributed by atoms with van der Waals surface area (Å²) in [4.78, 5) is 45.3. The average molecular weight is 665 g/mol. The summed E-state index contributed by atoms with van der Waals surface area (Å²) < 4.78 is 25.3. The summed E-state index contributed by atoms with van der Waals surface area (Å²) in [6, 6.07) is 23.5. The summed E-state index contributed by atoms with van der Waals surface area (Å²) in [6.07, 6.45) is 2.31. The van der Waals surface area contributed by atoms with Gasteiger partial charge in [-0.25, -0.2) is 14.6 Å². The van der Waals surface area contributed by atoms with Gasteiger partial charge in [0, 0.05) is 22.8 Å². The Bertz CT molecular complexity index is 2210. The van der Waals surface area contributed by atoms with Crippen LogP contribution in [0.4, 0.5) is 0 Å². The summed E-state index contributed by atoms with van der Waals surface area (Å²) in [6.45, 7) is 4.20. The lowest BCUT2D eigenvalue weighted by Gasteiger charge is -2.27. The van der Waals surface area contributed by atoms with Gasteiger partial charge >= 0.3 is 11.9 Å². The number of fused-ring (bicyclic) bond motifs is 1. The van der Waals surface area contributed by atoms with Crippen molar-refractivity contribution in [3.8, 4) is 22.8 Å². The summed E-state index contributed by atoms with van der Waals surface area (Å²) in [5, 5.41) is 9.66. The van der Waals surface area contributed by atoms with Gasteiger partial charge in [-0.15, -0.1) is 0 Å². The van der Waals surface area contributed by atoms with Gasteiger partial charge in [0.15, 0.2) is 16.3 Å². The van der Waals surface area contributed by atoms with E-state index < -0.39 is 23.5 Å². The monoisotopic (exact) mass is 664 g/mol. The van der Waals surface area contributed by atoms with Crippen molar-refractivity contribution in [2.45, 2.75) is 26.3 Å². The number of benzene rings is 3. The summed E-state index contributed by atoms with van der Waals surface area (Å²) in [5.41, 5.74) is 1.87. The molecule has 0 saturated carbocycles. The molecule has 11 heteroatoms. The van der Waals surface area contributed by atoms with E-state index in [9.17, 15) is 19.5 Å². The number of aromatic nitrogens is 1. The first-order chi connectivity index (χ1) is 23.4. The van der Waals surface area contributed by atoms with E-state index in [2.05, 4.69) is 0 Å². The van der Waals surface area contributed by atoms with Crippen LogP contribution >= 0.6 is 11.3 Å². The van der Waals surface area contributed by atoms with Crippen LogP contribution in [0.3, 0.4) is 0 Å². The normalized spacial score (nSPS) is 14.3. The molecule has 0 bridgehead atoms. The maximum Gasteiger partial charge on any atom is 0.338 e. The maximum atomic E-state index is 14.4. The number of aromatic carboxylic acids is 1. The summed E-state index contributed by atoms with van der Waals surface area (Å²) in [5.74, 6) is -0.150. The fourth-order valence-electron chi connectivity index (χ4n) is 5.59. The Balaban J connectivity index is 1.60. The second-order valence-corrected chi connectivity index (χ2v) is 11.7. The number of furan rings is 1. The van der Waals surface area contributed by atoms with E-state index in [1.807, 2.05) is 37.3 Å². The lowest BCUT2D eigenvalue weighted by molar-refractivity contribution is -0.138. The number of rotatable bonds is 11. The number of carbonyl (C=O) groups excluding carboxylic acids is 1. The number of esters is 1. The Morgan fingerprint density at radius 3 is 2.50 bits per heavy atom. The van der Waals surface area contributed by atoms with Crippen LogP contribution in [0.25, 0.3) is 23.1 Å². The molecule has 3 heterocycles. The average Bonchev–Trinajstić information content (AvgIpc) is 3.70. The van der Waals surface area contributed by atoms with Gasteiger partial charge in [0.25, 0.3) is 5.56 Å². The zero-order chi connectivity index (χ0) is 33.8. The van der Waals surface area contributed by atoms with E-state index in [0.717, 1.165) is 17.8 Å². The van der Waals surface area contributed by atoms with Crippen molar-refractivity contribution in [2.75, 3.05) is 20.3 Å². The Labute approximate surface area is 279 Å². The molecule has 0 spiro atoms. The second-order valence-electron chi connectivity index (χ2n) is 10.7. The van der Waals surface area contributed by atoms with Crippen LogP contribution in [0.2, 0.25) is 0 Å². The third-order valence-electron chi connectivity index (χ3n) is 7.67. The number of carboxylic acids is 1. The van der Waals surface area contributed by atoms with Crippen LogP contribution in [-0.2, 0) is 9.53 Å². The van der Waals surface area contributed by atoms with Gasteiger partial charge in [-0.05, 0) is 37.6 Å². The van der Waals surface area contributed by atoms with Gasteiger partial charge in [0.2, 0.25) is 0 Å². The predicted molar refractivity (Wildman–Crippen MR) is 181 cm³/mol. The topological polar surface area (TPSA) is 130 Å². The lowest BCUT2D eigenvalue weighted by atomic mass is 9.92. The molecule has 0 radical (unpaired) electrons. The Kier molecular flexibility index (Phi) is 9.40. The zero-order valence-corrected chi connectivity index (χ0v) is 27.3. The van der Waals surface area contributed by atoms with E-state index in [-0.39, 0.29) is 17.7 Å². The molecule has 2 aromatic heterocycles. The zero-order valence-electron chi connectivity index (χ0n) is 26.5. The summed E-state index contributed by atoms with van der Waals surface area (Å²) in [7, 11) is 1.54. The number of carboxylic acid groups (broad SMARTS) is 1. The number of para-hydroxylation sites is 1. The molecule has 1 atom stereocenters. The molecular weight excluding hydrogens is 632 g/mol. The third-order valence-corrected chi connectivity index (χ3v) is 8.65. The molecule has 0 fully saturated rings. The van der Waals surface area contributed by atoms with E-state index in [1.54, 1.807) is 61.5 Å². The molecular formula is C37H32N2O8S. The molecule has 0 unspecified atom stereocenters. The Morgan fingerprint density at radius 1 is 1.00 bits per heavy atom. The Morgan fingerprint density at radius 2 is 1.77 bits per heavy atom. The van der Waals surface area contributed by atoms with Crippen LogP contribution in [0.1, 0.15) is 53.6 Å². The molecule has 10 nitrogen and oxygen atoms in total. The molecule has 3 aromatic carbocycles. The highest BCUT2D eigenvalue weighted by Crippen LogP contribution is 2.42. The minimum Gasteiger partial charge on any atom is -0.493 e. The SMILES string of the molecule is CCCOc1c(OC)cccc1[C@@H]1C(C(=O)OCC)=C(c2ccccc2)N=c2s/c(=C/c3ccc(-c4ccccc4C(=O)O)o3)c(=O)n21. The molecule has 0 amide bonds. The van der Waals surface area contributed by atoms with Crippen LogP contribution in [-0.4, -0.2) is 41.9 Å². The highest BCUT2D eigenvalue weighted by atomic mass is 32.1. The minimum atomic E-state index is -1.08. The maximum absolute atomic E-state index is 14.4. The van der Waals surface area contributed by atoms with Crippen molar-refractivity contribution in [1.29, 1.82) is 0 Å². The molecule has 244 valence electrons. The van der Waals surface area contributed by atoms with Crippen molar-refractivity contribution in [1.82, 2.24) is 4.57 Å². The van der Waals surface area contributed by atoms with Gasteiger partial charge in [0.05, 0.1) is 41.7 Å². The number of hydrogen-bond acceptors (Lipinski definition) is 9. The first-order valence-electron chi connectivity index (χ1n) is 15.4. The van der Waals surface area contributed by atoms with Crippen molar-refractivity contribution < 1.29 is 33.3 Å². The van der Waals surface area contributed by atoms with E-state index in [0.29, 0.717) is 61.3 Å². The highest BCUT2D eigenvalue weighted by Gasteiger charge is 2.37. The van der Waals surface area contributed by atoms with Gasteiger partial charge in [-0.3, -0.25) is 9.36 Å². The molecule has 1 aliphatic rings. The minimum absolute atomic E-state index is 0.0945. The van der Waals surface area contributed by atoms with Crippen molar-refractivity contribution in [3.05, 3.63) is 133 Å². The number of carbonyl (C=O) groups is 2. The van der Waals surface area contributed by atoms with Crippen LogP contribution in [0, 0.1) is 0 Å². The van der Waals surface area contributed by atoms with E-state index in [4.69, 9.17) is 23.6 Å². The molecule has 0 saturated heterocycles. The van der Waals surface area contributed by atoms with Gasteiger partial charge in [-0.1, -0.05) is 78.9 Å². The van der Waals surface area contributed by atoms with Crippen molar-refractivity contribution >= 4 is 35.0 Å².